The fourth-order valence-electron chi connectivity index (χ4n) is 2.68. The van der Waals surface area contributed by atoms with Crippen molar-refractivity contribution in [2.45, 2.75) is 51.6 Å². The third-order valence-electron chi connectivity index (χ3n) is 3.68. The summed E-state index contributed by atoms with van der Waals surface area (Å²) >= 11 is 0. The standard InChI is InChI=1S/C13H28N2O2S/c1-4-7-12-11-15(13(5-2)10-14-12)8-6-9-18(3,16)17/h12-14H,4-11H2,1-3H3. The highest BCUT2D eigenvalue weighted by molar-refractivity contribution is 7.90. The molecular formula is C13H28N2O2S. The van der Waals surface area contributed by atoms with Crippen LogP contribution in [0.3, 0.4) is 0 Å². The minimum absolute atomic E-state index is 0.311. The molecule has 108 valence electrons. The fraction of sp³-hybridized carbons (Fsp3) is 1.00. The van der Waals surface area contributed by atoms with Crippen LogP contribution in [0.2, 0.25) is 0 Å². The summed E-state index contributed by atoms with van der Waals surface area (Å²) in [5.74, 6) is 0.311. The van der Waals surface area contributed by atoms with Crippen LogP contribution in [0, 0.1) is 0 Å². The average Bonchev–Trinajstić information content (AvgIpc) is 2.28. The molecule has 1 aliphatic rings. The number of hydrogen-bond acceptors (Lipinski definition) is 4. The van der Waals surface area contributed by atoms with Crippen molar-refractivity contribution in [1.29, 1.82) is 0 Å². The maximum atomic E-state index is 11.2. The highest BCUT2D eigenvalue weighted by Gasteiger charge is 2.25. The first-order chi connectivity index (χ1) is 8.46. The van der Waals surface area contributed by atoms with Gasteiger partial charge in [-0.3, -0.25) is 4.90 Å². The first kappa shape index (κ1) is 15.9. The first-order valence-corrected chi connectivity index (χ1v) is 9.17. The van der Waals surface area contributed by atoms with E-state index in [0.717, 1.165) is 32.5 Å². The third-order valence-corrected chi connectivity index (χ3v) is 4.71. The third kappa shape index (κ3) is 5.67. The van der Waals surface area contributed by atoms with Crippen LogP contribution in [0.1, 0.15) is 39.5 Å². The molecule has 1 N–H and O–H groups in total. The Bertz CT molecular complexity index is 330. The molecule has 0 amide bonds. The Kier molecular flexibility index (Phi) is 6.60. The van der Waals surface area contributed by atoms with Crippen molar-refractivity contribution < 1.29 is 8.42 Å². The lowest BCUT2D eigenvalue weighted by Crippen LogP contribution is -2.56. The molecule has 18 heavy (non-hydrogen) atoms. The Morgan fingerprint density at radius 2 is 2.06 bits per heavy atom. The van der Waals surface area contributed by atoms with Crippen LogP contribution in [0.4, 0.5) is 0 Å². The fourth-order valence-corrected chi connectivity index (χ4v) is 3.33. The Morgan fingerprint density at radius 1 is 1.33 bits per heavy atom. The summed E-state index contributed by atoms with van der Waals surface area (Å²) in [6.07, 6.45) is 5.62. The van der Waals surface area contributed by atoms with E-state index in [1.165, 1.54) is 19.1 Å². The summed E-state index contributed by atoms with van der Waals surface area (Å²) < 4.78 is 22.3. The molecular weight excluding hydrogens is 248 g/mol. The minimum atomic E-state index is -2.82. The van der Waals surface area contributed by atoms with Crippen LogP contribution < -0.4 is 5.32 Å². The number of rotatable bonds is 7. The van der Waals surface area contributed by atoms with Gasteiger partial charge in [0.15, 0.2) is 0 Å². The molecule has 1 saturated heterocycles. The molecule has 0 aromatic heterocycles. The monoisotopic (exact) mass is 276 g/mol. The Hall–Kier alpha value is -0.130. The lowest BCUT2D eigenvalue weighted by molar-refractivity contribution is 0.123. The molecule has 1 rings (SSSR count). The molecule has 0 bridgehead atoms. The van der Waals surface area contributed by atoms with E-state index in [0.29, 0.717) is 17.8 Å². The molecule has 0 aromatic rings. The van der Waals surface area contributed by atoms with Gasteiger partial charge in [0.25, 0.3) is 0 Å². The van der Waals surface area contributed by atoms with Crippen molar-refractivity contribution in [1.82, 2.24) is 10.2 Å². The van der Waals surface area contributed by atoms with Crippen molar-refractivity contribution in [3.63, 3.8) is 0 Å². The minimum Gasteiger partial charge on any atom is -0.311 e. The van der Waals surface area contributed by atoms with Gasteiger partial charge in [-0.25, -0.2) is 8.42 Å². The van der Waals surface area contributed by atoms with E-state index in [4.69, 9.17) is 0 Å². The number of piperazine rings is 1. The van der Waals surface area contributed by atoms with Crippen molar-refractivity contribution >= 4 is 9.84 Å². The summed E-state index contributed by atoms with van der Waals surface area (Å²) in [6.45, 7) is 7.43. The van der Waals surface area contributed by atoms with E-state index < -0.39 is 9.84 Å². The van der Waals surface area contributed by atoms with E-state index in [-0.39, 0.29) is 0 Å². The molecule has 0 aliphatic carbocycles. The van der Waals surface area contributed by atoms with E-state index in [2.05, 4.69) is 24.1 Å². The molecule has 0 spiro atoms. The second-order valence-electron chi connectivity index (χ2n) is 5.43. The second-order valence-corrected chi connectivity index (χ2v) is 7.69. The Morgan fingerprint density at radius 3 is 2.61 bits per heavy atom. The smallest absolute Gasteiger partial charge is 0.147 e. The Balaban J connectivity index is 2.42. The number of sulfone groups is 1. The van der Waals surface area contributed by atoms with Crippen LogP contribution in [0.25, 0.3) is 0 Å². The van der Waals surface area contributed by atoms with Crippen LogP contribution in [-0.4, -0.2) is 57.0 Å². The summed E-state index contributed by atoms with van der Waals surface area (Å²) in [6, 6.07) is 1.15. The molecule has 1 aliphatic heterocycles. The maximum Gasteiger partial charge on any atom is 0.147 e. The van der Waals surface area contributed by atoms with Crippen molar-refractivity contribution in [2.75, 3.05) is 31.6 Å². The quantitative estimate of drug-likeness (QED) is 0.761. The van der Waals surface area contributed by atoms with Gasteiger partial charge >= 0.3 is 0 Å². The average molecular weight is 276 g/mol. The van der Waals surface area contributed by atoms with Gasteiger partial charge < -0.3 is 5.32 Å². The van der Waals surface area contributed by atoms with Gasteiger partial charge in [0.1, 0.15) is 9.84 Å². The van der Waals surface area contributed by atoms with Crippen molar-refractivity contribution in [3.8, 4) is 0 Å². The van der Waals surface area contributed by atoms with Gasteiger partial charge in [0, 0.05) is 31.4 Å². The topological polar surface area (TPSA) is 49.4 Å². The van der Waals surface area contributed by atoms with Gasteiger partial charge in [0.05, 0.1) is 5.75 Å². The zero-order chi connectivity index (χ0) is 13.6. The number of nitrogens with zero attached hydrogens (tertiary/aromatic N) is 1. The Labute approximate surface area is 112 Å². The van der Waals surface area contributed by atoms with E-state index in [1.54, 1.807) is 0 Å². The number of hydrogen-bond donors (Lipinski definition) is 1. The van der Waals surface area contributed by atoms with Crippen molar-refractivity contribution in [3.05, 3.63) is 0 Å². The lowest BCUT2D eigenvalue weighted by atomic mass is 10.0. The van der Waals surface area contributed by atoms with Gasteiger partial charge in [-0.1, -0.05) is 20.3 Å². The van der Waals surface area contributed by atoms with Crippen LogP contribution in [0.15, 0.2) is 0 Å². The molecule has 1 heterocycles. The molecule has 4 nitrogen and oxygen atoms in total. The van der Waals surface area contributed by atoms with Crippen LogP contribution in [0.5, 0.6) is 0 Å². The van der Waals surface area contributed by atoms with E-state index >= 15 is 0 Å². The predicted molar refractivity (Wildman–Crippen MR) is 76.7 cm³/mol. The highest BCUT2D eigenvalue weighted by atomic mass is 32.2. The molecule has 0 aromatic carbocycles. The van der Waals surface area contributed by atoms with Gasteiger partial charge in [-0.05, 0) is 25.8 Å². The summed E-state index contributed by atoms with van der Waals surface area (Å²) in [4.78, 5) is 2.47. The highest BCUT2D eigenvalue weighted by Crippen LogP contribution is 2.13. The van der Waals surface area contributed by atoms with E-state index in [1.807, 2.05) is 0 Å². The van der Waals surface area contributed by atoms with Gasteiger partial charge in [0.2, 0.25) is 0 Å². The summed E-state index contributed by atoms with van der Waals surface area (Å²) in [5.41, 5.74) is 0. The predicted octanol–water partition coefficient (Wildman–Crippen LogP) is 1.27. The zero-order valence-corrected chi connectivity index (χ0v) is 12.8. The normalized spacial score (nSPS) is 26.4. The first-order valence-electron chi connectivity index (χ1n) is 7.11. The molecule has 2 atom stereocenters. The molecule has 0 saturated carbocycles. The van der Waals surface area contributed by atoms with Crippen LogP contribution >= 0.6 is 0 Å². The summed E-state index contributed by atoms with van der Waals surface area (Å²) in [7, 11) is -2.82. The molecule has 5 heteroatoms. The SMILES string of the molecule is CCCC1CN(CCCS(C)(=O)=O)C(CC)CN1. The molecule has 2 unspecified atom stereocenters. The van der Waals surface area contributed by atoms with Crippen LogP contribution in [-0.2, 0) is 9.84 Å². The largest absolute Gasteiger partial charge is 0.311 e. The maximum absolute atomic E-state index is 11.2. The second kappa shape index (κ2) is 7.46. The van der Waals surface area contributed by atoms with Gasteiger partial charge in [-0.15, -0.1) is 0 Å². The molecule has 1 fully saturated rings. The number of nitrogens with one attached hydrogen (secondary N) is 1. The van der Waals surface area contributed by atoms with Crippen molar-refractivity contribution in [2.24, 2.45) is 0 Å². The zero-order valence-electron chi connectivity index (χ0n) is 12.0. The van der Waals surface area contributed by atoms with Gasteiger partial charge in [-0.2, -0.15) is 0 Å². The lowest BCUT2D eigenvalue weighted by Gasteiger charge is -2.40. The molecule has 0 radical (unpaired) electrons. The summed E-state index contributed by atoms with van der Waals surface area (Å²) in [5, 5.41) is 3.60. The van der Waals surface area contributed by atoms with E-state index in [9.17, 15) is 8.42 Å².